The minimum Gasteiger partial charge on any atom is -0.369 e. The van der Waals surface area contributed by atoms with Crippen LogP contribution in [0, 0.1) is 5.82 Å². The van der Waals surface area contributed by atoms with Gasteiger partial charge in [0.15, 0.2) is 0 Å². The van der Waals surface area contributed by atoms with Crippen molar-refractivity contribution in [3.63, 3.8) is 0 Å². The van der Waals surface area contributed by atoms with Crippen LogP contribution in [0.2, 0.25) is 0 Å². The van der Waals surface area contributed by atoms with Gasteiger partial charge in [0.2, 0.25) is 10.0 Å². The van der Waals surface area contributed by atoms with Crippen LogP contribution in [0.25, 0.3) is 0 Å². The first-order chi connectivity index (χ1) is 9.30. The van der Waals surface area contributed by atoms with Gasteiger partial charge in [-0.3, -0.25) is 0 Å². The van der Waals surface area contributed by atoms with Crippen LogP contribution in [0.5, 0.6) is 0 Å². The van der Waals surface area contributed by atoms with E-state index in [1.807, 2.05) is 11.0 Å². The molecule has 1 aromatic carbocycles. The average molecular weight is 301 g/mol. The van der Waals surface area contributed by atoms with E-state index in [-0.39, 0.29) is 5.82 Å². The lowest BCUT2D eigenvalue weighted by atomic mass is 10.0. The number of nitrogens with zero attached hydrogens (tertiary/aromatic N) is 2. The van der Waals surface area contributed by atoms with Gasteiger partial charge >= 0.3 is 0 Å². The van der Waals surface area contributed by atoms with E-state index in [0.29, 0.717) is 31.7 Å². The number of hydrogen-bond acceptors (Lipinski definition) is 4. The Kier molecular flexibility index (Phi) is 4.31. The average Bonchev–Trinajstić information content (AvgIpc) is 2.37. The lowest BCUT2D eigenvalue weighted by molar-refractivity contribution is 0.387. The summed E-state index contributed by atoms with van der Waals surface area (Å²) in [6.07, 6.45) is 1.21. The Hall–Kier alpha value is -1.18. The van der Waals surface area contributed by atoms with Crippen LogP contribution in [-0.4, -0.2) is 45.2 Å². The van der Waals surface area contributed by atoms with E-state index in [0.717, 1.165) is 5.69 Å². The molecule has 0 amide bonds. The Morgan fingerprint density at radius 1 is 1.25 bits per heavy atom. The number of benzene rings is 1. The van der Waals surface area contributed by atoms with Crippen molar-refractivity contribution in [1.29, 1.82) is 0 Å². The fourth-order valence-corrected chi connectivity index (χ4v) is 3.34. The summed E-state index contributed by atoms with van der Waals surface area (Å²) in [5.74, 6) is -0.317. The summed E-state index contributed by atoms with van der Waals surface area (Å²) in [5.41, 5.74) is 7.09. The predicted octanol–water partition coefficient (Wildman–Crippen LogP) is 0.927. The Bertz CT molecular complexity index is 581. The summed E-state index contributed by atoms with van der Waals surface area (Å²) in [7, 11) is -3.16. The van der Waals surface area contributed by atoms with Crippen LogP contribution in [0.4, 0.5) is 10.1 Å². The fourth-order valence-electron chi connectivity index (χ4n) is 2.51. The molecule has 2 rings (SSSR count). The number of anilines is 1. The zero-order valence-electron chi connectivity index (χ0n) is 11.7. The second-order valence-corrected chi connectivity index (χ2v) is 7.09. The van der Waals surface area contributed by atoms with Crippen molar-refractivity contribution in [1.82, 2.24) is 4.31 Å². The minimum atomic E-state index is -3.16. The molecule has 0 aliphatic carbocycles. The van der Waals surface area contributed by atoms with Crippen molar-refractivity contribution in [2.24, 2.45) is 5.73 Å². The molecule has 1 fully saturated rings. The Balaban J connectivity index is 2.21. The number of nitrogens with two attached hydrogens (primary N) is 1. The number of hydrogen-bond donors (Lipinski definition) is 1. The van der Waals surface area contributed by atoms with E-state index < -0.39 is 16.1 Å². The number of rotatable bonds is 3. The maximum absolute atomic E-state index is 13.9. The van der Waals surface area contributed by atoms with Crippen molar-refractivity contribution in [2.75, 3.05) is 37.3 Å². The summed E-state index contributed by atoms with van der Waals surface area (Å²) in [6.45, 7) is 3.64. The van der Waals surface area contributed by atoms with Crippen molar-refractivity contribution in [3.8, 4) is 0 Å². The minimum absolute atomic E-state index is 0.317. The molecule has 5 nitrogen and oxygen atoms in total. The Labute approximate surface area is 119 Å². The van der Waals surface area contributed by atoms with E-state index in [2.05, 4.69) is 0 Å². The van der Waals surface area contributed by atoms with Crippen LogP contribution in [0.3, 0.4) is 0 Å². The normalized spacial score (nSPS) is 19.1. The first kappa shape index (κ1) is 15.2. The summed E-state index contributed by atoms with van der Waals surface area (Å²) < 4.78 is 38.3. The second kappa shape index (κ2) is 5.67. The molecule has 1 saturated heterocycles. The van der Waals surface area contributed by atoms with Gasteiger partial charge in [0.1, 0.15) is 5.82 Å². The van der Waals surface area contributed by atoms with Gasteiger partial charge in [0, 0.05) is 43.5 Å². The molecular weight excluding hydrogens is 281 g/mol. The van der Waals surface area contributed by atoms with Crippen molar-refractivity contribution >= 4 is 15.7 Å². The molecule has 112 valence electrons. The molecule has 7 heteroatoms. The highest BCUT2D eigenvalue weighted by atomic mass is 32.2. The van der Waals surface area contributed by atoms with Gasteiger partial charge in [-0.1, -0.05) is 6.07 Å². The topological polar surface area (TPSA) is 66.6 Å². The van der Waals surface area contributed by atoms with Crippen molar-refractivity contribution < 1.29 is 12.8 Å². The highest BCUT2D eigenvalue weighted by Crippen LogP contribution is 2.28. The molecule has 0 spiro atoms. The second-order valence-electron chi connectivity index (χ2n) is 5.11. The molecule has 0 aromatic heterocycles. The van der Waals surface area contributed by atoms with Gasteiger partial charge in [-0.05, 0) is 19.1 Å². The van der Waals surface area contributed by atoms with Crippen LogP contribution in [-0.2, 0) is 10.0 Å². The summed E-state index contributed by atoms with van der Waals surface area (Å²) in [6, 6.07) is 4.48. The molecule has 1 aromatic rings. The molecule has 0 bridgehead atoms. The van der Waals surface area contributed by atoms with Crippen molar-refractivity contribution in [3.05, 3.63) is 29.6 Å². The van der Waals surface area contributed by atoms with Crippen LogP contribution < -0.4 is 10.6 Å². The molecule has 1 aliphatic rings. The number of sulfonamides is 1. The van der Waals surface area contributed by atoms with E-state index >= 15 is 0 Å². The molecule has 1 atom stereocenters. The lowest BCUT2D eigenvalue weighted by Gasteiger charge is -2.36. The van der Waals surface area contributed by atoms with Crippen molar-refractivity contribution in [2.45, 2.75) is 13.0 Å². The van der Waals surface area contributed by atoms with Gasteiger partial charge in [-0.25, -0.2) is 12.8 Å². The molecule has 0 radical (unpaired) electrons. The molecule has 2 N–H and O–H groups in total. The van der Waals surface area contributed by atoms with E-state index in [9.17, 15) is 12.8 Å². The van der Waals surface area contributed by atoms with Crippen LogP contribution in [0.15, 0.2) is 18.2 Å². The highest BCUT2D eigenvalue weighted by molar-refractivity contribution is 7.88. The van der Waals surface area contributed by atoms with Gasteiger partial charge in [0.05, 0.1) is 6.26 Å². The van der Waals surface area contributed by atoms with Gasteiger partial charge < -0.3 is 10.6 Å². The maximum atomic E-state index is 13.9. The van der Waals surface area contributed by atoms with Crippen LogP contribution in [0.1, 0.15) is 18.5 Å². The Morgan fingerprint density at radius 2 is 1.85 bits per heavy atom. The molecular formula is C13H20FN3O2S. The zero-order chi connectivity index (χ0) is 14.9. The van der Waals surface area contributed by atoms with Gasteiger partial charge in [-0.15, -0.1) is 0 Å². The number of halogens is 1. The smallest absolute Gasteiger partial charge is 0.211 e. The first-order valence-electron chi connectivity index (χ1n) is 6.55. The van der Waals surface area contributed by atoms with Gasteiger partial charge in [-0.2, -0.15) is 4.31 Å². The first-order valence-corrected chi connectivity index (χ1v) is 8.39. The molecule has 1 heterocycles. The highest BCUT2D eigenvalue weighted by Gasteiger charge is 2.25. The maximum Gasteiger partial charge on any atom is 0.211 e. The third kappa shape index (κ3) is 3.11. The Morgan fingerprint density at radius 3 is 2.35 bits per heavy atom. The number of piperazine rings is 1. The van der Waals surface area contributed by atoms with E-state index in [4.69, 9.17) is 5.73 Å². The standard InChI is InChI=1S/C13H20FN3O2S/c1-10(15)13-11(14)4-3-5-12(13)16-6-8-17(9-7-16)20(2,18)19/h3-5,10H,6-9,15H2,1-2H3/t10-/m0/s1. The van der Waals surface area contributed by atoms with Crippen LogP contribution >= 0.6 is 0 Å². The molecule has 0 unspecified atom stereocenters. The third-order valence-corrected chi connectivity index (χ3v) is 4.84. The zero-order valence-corrected chi connectivity index (χ0v) is 12.5. The largest absolute Gasteiger partial charge is 0.369 e. The van der Waals surface area contributed by atoms with E-state index in [1.165, 1.54) is 16.6 Å². The summed E-state index contributed by atoms with van der Waals surface area (Å²) in [4.78, 5) is 1.99. The predicted molar refractivity (Wildman–Crippen MR) is 77.6 cm³/mol. The summed E-state index contributed by atoms with van der Waals surface area (Å²) >= 11 is 0. The van der Waals surface area contributed by atoms with E-state index in [1.54, 1.807) is 13.0 Å². The summed E-state index contributed by atoms with van der Waals surface area (Å²) in [5, 5.41) is 0. The van der Waals surface area contributed by atoms with Gasteiger partial charge in [0.25, 0.3) is 0 Å². The molecule has 1 aliphatic heterocycles. The third-order valence-electron chi connectivity index (χ3n) is 3.53. The quantitative estimate of drug-likeness (QED) is 0.902. The monoisotopic (exact) mass is 301 g/mol. The molecule has 0 saturated carbocycles. The lowest BCUT2D eigenvalue weighted by Crippen LogP contribution is -2.48. The molecule has 20 heavy (non-hydrogen) atoms. The SMILES string of the molecule is C[C@H](N)c1c(F)cccc1N1CCN(S(C)(=O)=O)CC1. The fraction of sp³-hybridized carbons (Fsp3) is 0.538.